The van der Waals surface area contributed by atoms with E-state index in [4.69, 9.17) is 0 Å². The first-order valence-electron chi connectivity index (χ1n) is 5.19. The fourth-order valence-corrected chi connectivity index (χ4v) is 1.48. The maximum Gasteiger partial charge on any atom is 0.460 e. The largest absolute Gasteiger partial charge is 0.460 e. The summed E-state index contributed by atoms with van der Waals surface area (Å²) in [6.07, 6.45) is -15.4. The molecule has 0 spiro atoms. The van der Waals surface area contributed by atoms with Gasteiger partial charge in [-0.1, -0.05) is 3.89 Å². The van der Waals surface area contributed by atoms with Crippen molar-refractivity contribution in [3.63, 3.8) is 0 Å². The Hall–Kier alpha value is -1.21. The van der Waals surface area contributed by atoms with Crippen molar-refractivity contribution in [2.24, 2.45) is 0 Å². The topological polar surface area (TPSA) is 43.4 Å². The molecule has 0 saturated heterocycles. The molecule has 20 heteroatoms. The summed E-state index contributed by atoms with van der Waals surface area (Å²) >= 11 is 0. The van der Waals surface area contributed by atoms with Crippen LogP contribution in [0.25, 0.3) is 0 Å². The van der Waals surface area contributed by atoms with E-state index in [0.29, 0.717) is 0 Å². The van der Waals surface area contributed by atoms with Crippen molar-refractivity contribution in [2.45, 2.75) is 41.9 Å². The van der Waals surface area contributed by atoms with Crippen LogP contribution in [0.3, 0.4) is 0 Å². The fraction of sp³-hybridized carbons (Fsp3) is 1.00. The SMILES string of the molecule is O=S(=O)(F)OC(F)(F)C(F)(F)C(F)(F)C(F)(F)C(F)(F)C(F)(F)C(F)(F)F. The molecule has 164 valence electrons. The molecule has 0 fully saturated rings. The highest BCUT2D eigenvalue weighted by Crippen LogP contribution is 2.62. The van der Waals surface area contributed by atoms with Crippen molar-refractivity contribution in [1.29, 1.82) is 0 Å². The summed E-state index contributed by atoms with van der Waals surface area (Å²) in [4.78, 5) is 0. The molecule has 0 atom stereocenters. The summed E-state index contributed by atoms with van der Waals surface area (Å²) in [6, 6.07) is 0. The zero-order chi connectivity index (χ0) is 22.7. The van der Waals surface area contributed by atoms with Crippen LogP contribution in [-0.4, -0.2) is 50.3 Å². The Morgan fingerprint density at radius 1 is 0.481 bits per heavy atom. The smallest absolute Gasteiger partial charge is 0.192 e. The maximum absolute atomic E-state index is 12.9. The highest BCUT2D eigenvalue weighted by atomic mass is 32.3. The number of halogens is 16. The third-order valence-electron chi connectivity index (χ3n) is 2.50. The predicted molar refractivity (Wildman–Crippen MR) is 46.8 cm³/mol. The van der Waals surface area contributed by atoms with Gasteiger partial charge in [-0.05, 0) is 0 Å². The van der Waals surface area contributed by atoms with Gasteiger partial charge in [0.25, 0.3) is 0 Å². The number of rotatable bonds is 7. The summed E-state index contributed by atoms with van der Waals surface area (Å²) < 4.78 is 220. The van der Waals surface area contributed by atoms with Crippen LogP contribution in [0.1, 0.15) is 0 Å². The molecule has 0 aliphatic carbocycles. The molecule has 0 aliphatic rings. The van der Waals surface area contributed by atoms with Crippen molar-refractivity contribution in [3.8, 4) is 0 Å². The van der Waals surface area contributed by atoms with Crippen LogP contribution in [-0.2, 0) is 14.7 Å². The molecule has 3 nitrogen and oxygen atoms in total. The molecular formula is C7F16O3S. The van der Waals surface area contributed by atoms with Gasteiger partial charge in [0.05, 0.1) is 0 Å². The summed E-state index contributed by atoms with van der Waals surface area (Å²) in [7, 11) is -7.38. The van der Waals surface area contributed by atoms with E-state index in [2.05, 4.69) is 0 Å². The van der Waals surface area contributed by atoms with Crippen LogP contribution < -0.4 is 0 Å². The van der Waals surface area contributed by atoms with Crippen molar-refractivity contribution in [3.05, 3.63) is 0 Å². The lowest BCUT2D eigenvalue weighted by molar-refractivity contribution is -0.465. The van der Waals surface area contributed by atoms with Crippen LogP contribution in [0.5, 0.6) is 0 Å². The molecule has 0 aliphatic heterocycles. The van der Waals surface area contributed by atoms with E-state index in [0.717, 1.165) is 0 Å². The van der Waals surface area contributed by atoms with Gasteiger partial charge < -0.3 is 0 Å². The van der Waals surface area contributed by atoms with E-state index in [1.165, 1.54) is 4.18 Å². The zero-order valence-electron chi connectivity index (χ0n) is 11.2. The van der Waals surface area contributed by atoms with Crippen LogP contribution in [0.15, 0.2) is 0 Å². The van der Waals surface area contributed by atoms with E-state index >= 15 is 0 Å². The molecule has 0 aromatic heterocycles. The molecule has 0 bridgehead atoms. The van der Waals surface area contributed by atoms with E-state index in [-0.39, 0.29) is 0 Å². The molecule has 0 amide bonds. The Kier molecular flexibility index (Phi) is 5.87. The molecule has 0 aromatic carbocycles. The van der Waals surface area contributed by atoms with E-state index in [1.807, 2.05) is 0 Å². The highest BCUT2D eigenvalue weighted by Gasteiger charge is 2.94. The first kappa shape index (κ1) is 25.8. The average Bonchev–Trinajstić information content (AvgIpc) is 2.33. The Morgan fingerprint density at radius 3 is 1.00 bits per heavy atom. The lowest BCUT2D eigenvalue weighted by Crippen LogP contribution is -2.72. The minimum absolute atomic E-state index is 1.39. The monoisotopic (exact) mass is 468 g/mol. The highest BCUT2D eigenvalue weighted by molar-refractivity contribution is 7.81. The maximum atomic E-state index is 12.9. The zero-order valence-corrected chi connectivity index (χ0v) is 12.0. The van der Waals surface area contributed by atoms with Gasteiger partial charge >= 0.3 is 52.4 Å². The molecular weight excluding hydrogens is 468 g/mol. The summed E-state index contributed by atoms with van der Waals surface area (Å²) in [5, 5.41) is 0. The lowest BCUT2D eigenvalue weighted by Gasteiger charge is -2.40. The molecule has 0 unspecified atom stereocenters. The quantitative estimate of drug-likeness (QED) is 0.407. The van der Waals surface area contributed by atoms with Gasteiger partial charge in [0.15, 0.2) is 0 Å². The van der Waals surface area contributed by atoms with Crippen LogP contribution >= 0.6 is 0 Å². The van der Waals surface area contributed by atoms with Gasteiger partial charge in [-0.15, -0.1) is 0 Å². The number of alkyl halides is 15. The molecule has 0 radical (unpaired) electrons. The second-order valence-corrected chi connectivity index (χ2v) is 5.32. The number of hydrogen-bond donors (Lipinski definition) is 0. The molecule has 0 N–H and O–H groups in total. The average molecular weight is 468 g/mol. The van der Waals surface area contributed by atoms with Crippen LogP contribution in [0.4, 0.5) is 69.7 Å². The molecule has 0 rings (SSSR count). The molecule has 0 saturated carbocycles. The van der Waals surface area contributed by atoms with E-state index in [1.54, 1.807) is 0 Å². The van der Waals surface area contributed by atoms with Gasteiger partial charge in [0.2, 0.25) is 0 Å². The van der Waals surface area contributed by atoms with Gasteiger partial charge in [0, 0.05) is 0 Å². The third-order valence-corrected chi connectivity index (χ3v) is 2.91. The van der Waals surface area contributed by atoms with Crippen molar-refractivity contribution >= 4 is 10.5 Å². The minimum Gasteiger partial charge on any atom is -0.192 e. The molecule has 0 heterocycles. The van der Waals surface area contributed by atoms with Crippen LogP contribution in [0.2, 0.25) is 0 Å². The van der Waals surface area contributed by atoms with Crippen molar-refractivity contribution in [2.75, 3.05) is 0 Å². The first-order chi connectivity index (χ1) is 11.2. The normalized spacial score (nSPS) is 16.6. The Labute approximate surface area is 136 Å². The van der Waals surface area contributed by atoms with Crippen molar-refractivity contribution < 1.29 is 82.3 Å². The molecule has 0 aromatic rings. The van der Waals surface area contributed by atoms with Gasteiger partial charge in [-0.25, -0.2) is 0 Å². The van der Waals surface area contributed by atoms with Crippen molar-refractivity contribution in [1.82, 2.24) is 0 Å². The Bertz CT molecular complexity index is 660. The Balaban J connectivity index is 6.55. The first-order valence-corrected chi connectivity index (χ1v) is 6.50. The van der Waals surface area contributed by atoms with Gasteiger partial charge in [-0.2, -0.15) is 78.5 Å². The summed E-state index contributed by atoms with van der Waals surface area (Å²) in [5.41, 5.74) is 0. The summed E-state index contributed by atoms with van der Waals surface area (Å²) in [6.45, 7) is 0. The predicted octanol–water partition coefficient (Wildman–Crippen LogP) is 4.55. The van der Waals surface area contributed by atoms with E-state index < -0.39 is 52.4 Å². The van der Waals surface area contributed by atoms with Crippen LogP contribution in [0, 0.1) is 0 Å². The Morgan fingerprint density at radius 2 is 0.741 bits per heavy atom. The minimum atomic E-state index is -8.62. The second-order valence-electron chi connectivity index (χ2n) is 4.36. The third kappa shape index (κ3) is 3.73. The summed E-state index contributed by atoms with van der Waals surface area (Å²) in [5.74, 6) is -42.1. The van der Waals surface area contributed by atoms with Gasteiger partial charge in [0.1, 0.15) is 0 Å². The van der Waals surface area contributed by atoms with Gasteiger partial charge in [-0.3, -0.25) is 0 Å². The second kappa shape index (κ2) is 6.14. The molecule has 27 heavy (non-hydrogen) atoms. The fourth-order valence-electron chi connectivity index (χ4n) is 1.13. The lowest BCUT2D eigenvalue weighted by atomic mass is 9.93. The standard InChI is InChI=1S/C7F16O3S/c8-1(9,2(10,11)4(14,15)6(18,19)20)3(12,13)5(16,17)7(21,22)26-27(23,24)25. The number of hydrogen-bond acceptors (Lipinski definition) is 3. The van der Waals surface area contributed by atoms with E-state index in [9.17, 15) is 78.2 Å².